The van der Waals surface area contributed by atoms with E-state index in [1.165, 1.54) is 0 Å². The fourth-order valence-electron chi connectivity index (χ4n) is 1.40. The molecule has 0 amide bonds. The quantitative estimate of drug-likeness (QED) is 0.793. The average molecular weight is 280 g/mol. The van der Waals surface area contributed by atoms with Crippen LogP contribution in [0.3, 0.4) is 0 Å². The lowest BCUT2D eigenvalue weighted by atomic mass is 10.3. The van der Waals surface area contributed by atoms with Crippen molar-refractivity contribution >= 4 is 23.2 Å². The predicted octanol–water partition coefficient (Wildman–Crippen LogP) is 1.42. The summed E-state index contributed by atoms with van der Waals surface area (Å²) in [4.78, 5) is 16.7. The first-order valence-electron chi connectivity index (χ1n) is 5.99. The molecule has 19 heavy (non-hydrogen) atoms. The number of aromatic nitrogens is 4. The summed E-state index contributed by atoms with van der Waals surface area (Å²) in [6.45, 7) is 3.12. The van der Waals surface area contributed by atoms with Crippen molar-refractivity contribution < 1.29 is 4.74 Å². The number of ether oxygens (including phenoxy) is 1. The second kappa shape index (κ2) is 6.83. The molecular formula is C11H16N6OS. The minimum absolute atomic E-state index is 0.318. The molecule has 8 heteroatoms. The highest BCUT2D eigenvalue weighted by Crippen LogP contribution is 2.11. The van der Waals surface area contributed by atoms with Gasteiger partial charge < -0.3 is 15.4 Å². The van der Waals surface area contributed by atoms with Crippen molar-refractivity contribution in [3.63, 3.8) is 0 Å². The van der Waals surface area contributed by atoms with E-state index in [2.05, 4.69) is 30.6 Å². The highest BCUT2D eigenvalue weighted by atomic mass is 32.1. The van der Waals surface area contributed by atoms with E-state index in [4.69, 9.17) is 4.74 Å². The Morgan fingerprint density at radius 1 is 1.26 bits per heavy atom. The maximum Gasteiger partial charge on any atom is 0.323 e. The van der Waals surface area contributed by atoms with E-state index in [0.717, 1.165) is 12.1 Å². The van der Waals surface area contributed by atoms with Crippen LogP contribution in [0.1, 0.15) is 12.6 Å². The summed E-state index contributed by atoms with van der Waals surface area (Å²) in [6.07, 6.45) is 0.827. The van der Waals surface area contributed by atoms with Gasteiger partial charge in [-0.2, -0.15) is 15.0 Å². The van der Waals surface area contributed by atoms with E-state index in [9.17, 15) is 0 Å². The summed E-state index contributed by atoms with van der Waals surface area (Å²) in [5, 5.41) is 8.04. The summed E-state index contributed by atoms with van der Waals surface area (Å²) in [7, 11) is 1.75. The molecule has 2 heterocycles. The van der Waals surface area contributed by atoms with Crippen molar-refractivity contribution in [3.8, 4) is 6.01 Å². The number of rotatable bonds is 7. The largest absolute Gasteiger partial charge is 0.464 e. The molecule has 0 aliphatic heterocycles. The number of thiazole rings is 1. The Morgan fingerprint density at radius 2 is 2.11 bits per heavy atom. The topological polar surface area (TPSA) is 84.9 Å². The molecule has 102 valence electrons. The maximum atomic E-state index is 5.29. The van der Waals surface area contributed by atoms with Crippen LogP contribution in [0.15, 0.2) is 10.9 Å². The number of nitrogens with zero attached hydrogens (tertiary/aromatic N) is 4. The van der Waals surface area contributed by atoms with Gasteiger partial charge >= 0.3 is 6.01 Å². The first-order valence-corrected chi connectivity index (χ1v) is 6.93. The molecular weight excluding hydrogens is 264 g/mol. The van der Waals surface area contributed by atoms with Crippen molar-refractivity contribution in [3.05, 3.63) is 16.6 Å². The van der Waals surface area contributed by atoms with Crippen molar-refractivity contribution in [2.75, 3.05) is 30.8 Å². The van der Waals surface area contributed by atoms with E-state index in [-0.39, 0.29) is 0 Å². The summed E-state index contributed by atoms with van der Waals surface area (Å²) >= 11 is 1.59. The van der Waals surface area contributed by atoms with Crippen LogP contribution in [0.4, 0.5) is 11.9 Å². The summed E-state index contributed by atoms with van der Waals surface area (Å²) in [5.74, 6) is 0.979. The predicted molar refractivity (Wildman–Crippen MR) is 74.9 cm³/mol. The van der Waals surface area contributed by atoms with Crippen LogP contribution in [0.2, 0.25) is 0 Å². The monoisotopic (exact) mass is 280 g/mol. The van der Waals surface area contributed by atoms with Gasteiger partial charge in [0.25, 0.3) is 0 Å². The molecule has 0 aromatic carbocycles. The third-order valence-electron chi connectivity index (χ3n) is 2.26. The molecule has 0 unspecified atom stereocenters. The smallest absolute Gasteiger partial charge is 0.323 e. The highest BCUT2D eigenvalue weighted by molar-refractivity contribution is 7.07. The molecule has 2 aromatic rings. The van der Waals surface area contributed by atoms with Crippen molar-refractivity contribution in [2.45, 2.75) is 13.3 Å². The molecule has 0 radical (unpaired) electrons. The molecule has 0 saturated carbocycles. The Hall–Kier alpha value is -1.96. The van der Waals surface area contributed by atoms with Crippen LogP contribution in [-0.2, 0) is 6.42 Å². The van der Waals surface area contributed by atoms with Gasteiger partial charge in [0.1, 0.15) is 0 Å². The van der Waals surface area contributed by atoms with Gasteiger partial charge in [-0.3, -0.25) is 0 Å². The van der Waals surface area contributed by atoms with E-state index in [0.29, 0.717) is 31.1 Å². The molecule has 0 saturated heterocycles. The number of hydrogen-bond donors (Lipinski definition) is 2. The first kappa shape index (κ1) is 13.5. The zero-order chi connectivity index (χ0) is 13.5. The molecule has 0 bridgehead atoms. The third kappa shape index (κ3) is 4.02. The SMILES string of the molecule is CCOc1nc(NC)nc(NCCc2cscn2)n1. The van der Waals surface area contributed by atoms with Gasteiger partial charge in [0.05, 0.1) is 17.8 Å². The minimum Gasteiger partial charge on any atom is -0.464 e. The molecule has 0 spiro atoms. The fraction of sp³-hybridized carbons (Fsp3) is 0.455. The highest BCUT2D eigenvalue weighted by Gasteiger charge is 2.06. The molecule has 7 nitrogen and oxygen atoms in total. The van der Waals surface area contributed by atoms with Crippen LogP contribution >= 0.6 is 11.3 Å². The lowest BCUT2D eigenvalue weighted by Crippen LogP contribution is -2.11. The molecule has 0 fully saturated rings. The Labute approximate surface area is 115 Å². The van der Waals surface area contributed by atoms with E-state index in [1.54, 1.807) is 18.4 Å². The molecule has 0 aliphatic carbocycles. The van der Waals surface area contributed by atoms with Crippen LogP contribution < -0.4 is 15.4 Å². The van der Waals surface area contributed by atoms with Crippen molar-refractivity contribution in [2.24, 2.45) is 0 Å². The zero-order valence-electron chi connectivity index (χ0n) is 10.9. The molecule has 2 N–H and O–H groups in total. The van der Waals surface area contributed by atoms with Gasteiger partial charge in [-0.1, -0.05) is 0 Å². The number of hydrogen-bond acceptors (Lipinski definition) is 8. The average Bonchev–Trinajstić information content (AvgIpc) is 2.92. The van der Waals surface area contributed by atoms with Crippen LogP contribution in [-0.4, -0.2) is 40.1 Å². The maximum absolute atomic E-state index is 5.29. The standard InChI is InChI=1S/C11H16N6OS/c1-3-18-11-16-9(12-2)15-10(17-11)13-5-4-8-6-19-7-14-8/h6-7H,3-5H2,1-2H3,(H2,12,13,15,16,17). The summed E-state index contributed by atoms with van der Waals surface area (Å²) in [6, 6.07) is 0.318. The number of anilines is 2. The zero-order valence-corrected chi connectivity index (χ0v) is 11.7. The number of nitrogens with one attached hydrogen (secondary N) is 2. The van der Waals surface area contributed by atoms with Gasteiger partial charge in [-0.15, -0.1) is 11.3 Å². The van der Waals surface area contributed by atoms with E-state index < -0.39 is 0 Å². The normalized spacial score (nSPS) is 10.2. The van der Waals surface area contributed by atoms with E-state index in [1.807, 2.05) is 17.8 Å². The summed E-state index contributed by atoms with van der Waals surface area (Å²) in [5.41, 5.74) is 2.88. The Kier molecular flexibility index (Phi) is 4.85. The van der Waals surface area contributed by atoms with Gasteiger partial charge in [0.2, 0.25) is 11.9 Å². The molecule has 2 aromatic heterocycles. The van der Waals surface area contributed by atoms with Crippen LogP contribution in [0.25, 0.3) is 0 Å². The van der Waals surface area contributed by atoms with Gasteiger partial charge in [0, 0.05) is 25.4 Å². The molecule has 0 aliphatic rings. The fourth-order valence-corrected chi connectivity index (χ4v) is 2.00. The third-order valence-corrected chi connectivity index (χ3v) is 2.89. The lowest BCUT2D eigenvalue weighted by molar-refractivity contribution is 0.312. The van der Waals surface area contributed by atoms with Crippen molar-refractivity contribution in [1.82, 2.24) is 19.9 Å². The van der Waals surface area contributed by atoms with Gasteiger partial charge in [0.15, 0.2) is 0 Å². The first-order chi connectivity index (χ1) is 9.31. The van der Waals surface area contributed by atoms with Crippen LogP contribution in [0.5, 0.6) is 6.01 Å². The van der Waals surface area contributed by atoms with E-state index >= 15 is 0 Å². The molecule has 2 rings (SSSR count). The Morgan fingerprint density at radius 3 is 2.79 bits per heavy atom. The van der Waals surface area contributed by atoms with Crippen molar-refractivity contribution in [1.29, 1.82) is 0 Å². The Balaban J connectivity index is 1.96. The minimum atomic E-state index is 0.318. The van der Waals surface area contributed by atoms with Gasteiger partial charge in [-0.05, 0) is 6.92 Å². The Bertz CT molecular complexity index is 504. The molecule has 0 atom stereocenters. The second-order valence-corrected chi connectivity index (χ2v) is 4.32. The van der Waals surface area contributed by atoms with Gasteiger partial charge in [-0.25, -0.2) is 4.98 Å². The lowest BCUT2D eigenvalue weighted by Gasteiger charge is -2.08. The second-order valence-electron chi connectivity index (χ2n) is 3.60. The summed E-state index contributed by atoms with van der Waals surface area (Å²) < 4.78 is 5.29. The van der Waals surface area contributed by atoms with Crippen LogP contribution in [0, 0.1) is 0 Å².